The van der Waals surface area contributed by atoms with E-state index in [0.717, 1.165) is 0 Å². The molecule has 0 fully saturated rings. The molecule has 1 rings (SSSR count). The van der Waals surface area contributed by atoms with Crippen LogP contribution in [0.4, 0.5) is 5.69 Å². The lowest BCUT2D eigenvalue weighted by Gasteiger charge is -2.14. The van der Waals surface area contributed by atoms with E-state index >= 15 is 0 Å². The first-order valence-corrected chi connectivity index (χ1v) is 4.06. The van der Waals surface area contributed by atoms with Gasteiger partial charge in [-0.1, -0.05) is 6.07 Å². The number of benzene rings is 1. The quantitative estimate of drug-likeness (QED) is 0.507. The predicted octanol–water partition coefficient (Wildman–Crippen LogP) is -0.0409. The smallest absolute Gasteiger partial charge is 0.336 e. The largest absolute Gasteiger partial charge is 0.478 e. The summed E-state index contributed by atoms with van der Waals surface area (Å²) in [4.78, 5) is 10.8. The highest BCUT2D eigenvalue weighted by atomic mass is 16.4. The molecule has 1 aromatic rings. The lowest BCUT2D eigenvalue weighted by Crippen LogP contribution is -2.20. The van der Waals surface area contributed by atoms with Gasteiger partial charge in [-0.05, 0) is 12.1 Å². The Hall–Kier alpha value is -1.59. The summed E-state index contributed by atoms with van der Waals surface area (Å²) >= 11 is 0. The Morgan fingerprint density at radius 1 is 1.50 bits per heavy atom. The van der Waals surface area contributed by atoms with E-state index in [1.165, 1.54) is 12.1 Å². The average molecular weight is 196 g/mol. The van der Waals surface area contributed by atoms with Gasteiger partial charge in [-0.15, -0.1) is 0 Å². The van der Waals surface area contributed by atoms with Gasteiger partial charge in [0.05, 0.1) is 18.2 Å². The van der Waals surface area contributed by atoms with Gasteiger partial charge in [0.25, 0.3) is 0 Å². The number of hydrogen-bond donors (Lipinski definition) is 4. The molecule has 1 atom stereocenters. The number of hydrogen-bond acceptors (Lipinski definition) is 4. The molecule has 5 heteroatoms. The molecule has 1 aromatic carbocycles. The maximum Gasteiger partial charge on any atom is 0.336 e. The van der Waals surface area contributed by atoms with Crippen molar-refractivity contribution in [2.75, 3.05) is 12.3 Å². The van der Waals surface area contributed by atoms with E-state index in [1.54, 1.807) is 6.07 Å². The standard InChI is InChI=1S/C9H12N2O3/c10-6-3-1-2-5(9(13)14)8(6)7(11)4-12/h1-3,7,12H,4,10-11H2,(H,13,14). The van der Waals surface area contributed by atoms with Crippen molar-refractivity contribution in [2.45, 2.75) is 6.04 Å². The highest BCUT2D eigenvalue weighted by molar-refractivity contribution is 5.91. The van der Waals surface area contributed by atoms with Crippen molar-refractivity contribution in [1.82, 2.24) is 0 Å². The predicted molar refractivity (Wildman–Crippen MR) is 51.8 cm³/mol. The highest BCUT2D eigenvalue weighted by Crippen LogP contribution is 2.22. The Bertz CT molecular complexity index is 352. The summed E-state index contributed by atoms with van der Waals surface area (Å²) in [5.41, 5.74) is 11.7. The maximum atomic E-state index is 10.8. The van der Waals surface area contributed by atoms with Crippen LogP contribution < -0.4 is 11.5 Å². The Labute approximate surface area is 81.0 Å². The van der Waals surface area contributed by atoms with Crippen molar-refractivity contribution in [3.63, 3.8) is 0 Å². The molecule has 0 heterocycles. The van der Waals surface area contributed by atoms with Gasteiger partial charge in [0.1, 0.15) is 0 Å². The fourth-order valence-electron chi connectivity index (χ4n) is 1.27. The lowest BCUT2D eigenvalue weighted by molar-refractivity contribution is 0.0694. The molecule has 6 N–H and O–H groups in total. The molecule has 0 bridgehead atoms. The summed E-state index contributed by atoms with van der Waals surface area (Å²) in [7, 11) is 0. The van der Waals surface area contributed by atoms with Crippen LogP contribution in [0, 0.1) is 0 Å². The third-order valence-corrected chi connectivity index (χ3v) is 1.94. The molecule has 76 valence electrons. The summed E-state index contributed by atoms with van der Waals surface area (Å²) in [6, 6.07) is 3.73. The number of carboxylic acid groups (broad SMARTS) is 1. The summed E-state index contributed by atoms with van der Waals surface area (Å²) < 4.78 is 0. The number of aliphatic hydroxyl groups is 1. The topological polar surface area (TPSA) is 110 Å². The summed E-state index contributed by atoms with van der Waals surface area (Å²) in [5, 5.41) is 17.7. The van der Waals surface area contributed by atoms with Crippen LogP contribution in [0.1, 0.15) is 22.0 Å². The summed E-state index contributed by atoms with van der Waals surface area (Å²) in [6.45, 7) is -0.339. The maximum absolute atomic E-state index is 10.8. The number of aliphatic hydroxyl groups excluding tert-OH is 1. The molecule has 0 spiro atoms. The van der Waals surface area contributed by atoms with Crippen molar-refractivity contribution < 1.29 is 15.0 Å². The molecule has 0 radical (unpaired) electrons. The first-order chi connectivity index (χ1) is 6.57. The molecule has 0 amide bonds. The zero-order valence-electron chi connectivity index (χ0n) is 7.47. The number of nitrogen functional groups attached to an aromatic ring is 1. The molecular weight excluding hydrogens is 184 g/mol. The Morgan fingerprint density at radius 2 is 2.14 bits per heavy atom. The molecule has 1 unspecified atom stereocenters. The van der Waals surface area contributed by atoms with Gasteiger partial charge in [0, 0.05) is 11.3 Å². The number of rotatable bonds is 3. The zero-order chi connectivity index (χ0) is 10.7. The van der Waals surface area contributed by atoms with Crippen LogP contribution in [0.3, 0.4) is 0 Å². The second-order valence-electron chi connectivity index (χ2n) is 2.90. The Morgan fingerprint density at radius 3 is 2.64 bits per heavy atom. The number of nitrogens with two attached hydrogens (primary N) is 2. The van der Waals surface area contributed by atoms with Crippen LogP contribution in [0.15, 0.2) is 18.2 Å². The Kier molecular flexibility index (Phi) is 3.06. The van der Waals surface area contributed by atoms with Gasteiger partial charge >= 0.3 is 5.97 Å². The van der Waals surface area contributed by atoms with Crippen LogP contribution >= 0.6 is 0 Å². The highest BCUT2D eigenvalue weighted by Gasteiger charge is 2.17. The van der Waals surface area contributed by atoms with E-state index in [4.69, 9.17) is 21.7 Å². The number of carboxylic acids is 1. The van der Waals surface area contributed by atoms with Crippen molar-refractivity contribution >= 4 is 11.7 Å². The van der Waals surface area contributed by atoms with Crippen LogP contribution in [0.25, 0.3) is 0 Å². The van der Waals surface area contributed by atoms with Crippen molar-refractivity contribution in [3.8, 4) is 0 Å². The summed E-state index contributed by atoms with van der Waals surface area (Å²) in [6.07, 6.45) is 0. The second kappa shape index (κ2) is 4.08. The minimum absolute atomic E-state index is 0.0338. The Balaban J connectivity index is 3.29. The molecule has 0 saturated carbocycles. The monoisotopic (exact) mass is 196 g/mol. The third-order valence-electron chi connectivity index (χ3n) is 1.94. The van der Waals surface area contributed by atoms with E-state index < -0.39 is 12.0 Å². The SMILES string of the molecule is Nc1cccc(C(=O)O)c1C(N)CO. The molecular formula is C9H12N2O3. The van der Waals surface area contributed by atoms with Gasteiger partial charge in [0.2, 0.25) is 0 Å². The molecule has 5 nitrogen and oxygen atoms in total. The van der Waals surface area contributed by atoms with E-state index in [0.29, 0.717) is 0 Å². The normalized spacial score (nSPS) is 12.4. The minimum Gasteiger partial charge on any atom is -0.478 e. The minimum atomic E-state index is -1.10. The average Bonchev–Trinajstić information content (AvgIpc) is 2.16. The van der Waals surface area contributed by atoms with Gasteiger partial charge in [0.15, 0.2) is 0 Å². The first kappa shape index (κ1) is 10.5. The van der Waals surface area contributed by atoms with Crippen LogP contribution in [-0.4, -0.2) is 22.8 Å². The van der Waals surface area contributed by atoms with Crippen LogP contribution in [0.2, 0.25) is 0 Å². The first-order valence-electron chi connectivity index (χ1n) is 4.06. The molecule has 14 heavy (non-hydrogen) atoms. The van der Waals surface area contributed by atoms with Gasteiger partial charge in [-0.2, -0.15) is 0 Å². The van der Waals surface area contributed by atoms with E-state index in [2.05, 4.69) is 0 Å². The van der Waals surface area contributed by atoms with E-state index in [1.807, 2.05) is 0 Å². The van der Waals surface area contributed by atoms with Gasteiger partial charge in [-0.25, -0.2) is 4.79 Å². The lowest BCUT2D eigenvalue weighted by atomic mass is 9.99. The fourth-order valence-corrected chi connectivity index (χ4v) is 1.27. The van der Waals surface area contributed by atoms with E-state index in [-0.39, 0.29) is 23.4 Å². The van der Waals surface area contributed by atoms with Gasteiger partial charge < -0.3 is 21.7 Å². The molecule has 0 aliphatic carbocycles. The number of carbonyl (C=O) groups is 1. The van der Waals surface area contributed by atoms with Crippen molar-refractivity contribution in [2.24, 2.45) is 5.73 Å². The number of anilines is 1. The summed E-state index contributed by atoms with van der Waals surface area (Å²) in [5.74, 6) is -1.10. The van der Waals surface area contributed by atoms with Crippen molar-refractivity contribution in [1.29, 1.82) is 0 Å². The fraction of sp³-hybridized carbons (Fsp3) is 0.222. The molecule has 0 aromatic heterocycles. The van der Waals surface area contributed by atoms with Crippen molar-refractivity contribution in [3.05, 3.63) is 29.3 Å². The molecule has 0 saturated heterocycles. The van der Waals surface area contributed by atoms with Crippen LogP contribution in [-0.2, 0) is 0 Å². The number of aromatic carboxylic acids is 1. The third kappa shape index (κ3) is 1.84. The van der Waals surface area contributed by atoms with Crippen LogP contribution in [0.5, 0.6) is 0 Å². The van der Waals surface area contributed by atoms with Gasteiger partial charge in [-0.3, -0.25) is 0 Å². The van der Waals surface area contributed by atoms with E-state index in [9.17, 15) is 4.79 Å². The second-order valence-corrected chi connectivity index (χ2v) is 2.90. The molecule has 0 aliphatic heterocycles. The zero-order valence-corrected chi connectivity index (χ0v) is 7.47. The molecule has 0 aliphatic rings.